The summed E-state index contributed by atoms with van der Waals surface area (Å²) in [6, 6.07) is 12.0. The van der Waals surface area contributed by atoms with E-state index in [-0.39, 0.29) is 0 Å². The van der Waals surface area contributed by atoms with Crippen molar-refractivity contribution in [3.63, 3.8) is 0 Å². The monoisotopic (exact) mass is 269 g/mol. The Hall–Kier alpha value is -2.54. The van der Waals surface area contributed by atoms with E-state index in [1.54, 1.807) is 0 Å². The van der Waals surface area contributed by atoms with Gasteiger partial charge in [0.2, 0.25) is 0 Å². The zero-order valence-corrected chi connectivity index (χ0v) is 11.1. The molecule has 20 heavy (non-hydrogen) atoms. The summed E-state index contributed by atoms with van der Waals surface area (Å²) in [4.78, 5) is 2.04. The molecule has 102 valence electrons. The van der Waals surface area contributed by atoms with Gasteiger partial charge in [0.1, 0.15) is 0 Å². The van der Waals surface area contributed by atoms with Crippen LogP contribution in [0.25, 0.3) is 5.65 Å². The molecule has 2 N–H and O–H groups in total. The highest BCUT2D eigenvalue weighted by Crippen LogP contribution is 2.13. The van der Waals surface area contributed by atoms with Crippen LogP contribution in [0.15, 0.2) is 36.4 Å². The Morgan fingerprint density at radius 3 is 2.90 bits per heavy atom. The van der Waals surface area contributed by atoms with Crippen molar-refractivity contribution < 1.29 is 0 Å². The fraction of sp³-hybridized carbons (Fsp3) is 0.231. The number of rotatable bonds is 4. The molecular formula is C13H15N7. The summed E-state index contributed by atoms with van der Waals surface area (Å²) >= 11 is 0. The summed E-state index contributed by atoms with van der Waals surface area (Å²) in [5, 5.41) is 15.6. The second-order valence-electron chi connectivity index (χ2n) is 4.60. The Kier molecular flexibility index (Phi) is 3.26. The van der Waals surface area contributed by atoms with Crippen molar-refractivity contribution in [2.45, 2.75) is 13.1 Å². The van der Waals surface area contributed by atoms with Crippen LogP contribution in [0.3, 0.4) is 0 Å². The van der Waals surface area contributed by atoms with Gasteiger partial charge in [0.05, 0.1) is 0 Å². The summed E-state index contributed by atoms with van der Waals surface area (Å²) in [5.41, 5.74) is 8.61. The molecule has 0 amide bonds. The molecule has 0 aliphatic rings. The van der Waals surface area contributed by atoms with Crippen molar-refractivity contribution in [2.24, 2.45) is 5.73 Å². The Morgan fingerprint density at radius 1 is 1.20 bits per heavy atom. The smallest absolute Gasteiger partial charge is 0.200 e. The van der Waals surface area contributed by atoms with Crippen molar-refractivity contribution in [3.05, 3.63) is 47.5 Å². The zero-order valence-electron chi connectivity index (χ0n) is 11.1. The average Bonchev–Trinajstić information content (AvgIpc) is 2.94. The van der Waals surface area contributed by atoms with Crippen LogP contribution in [-0.4, -0.2) is 32.3 Å². The van der Waals surface area contributed by atoms with Crippen LogP contribution in [-0.2, 0) is 13.1 Å². The topological polar surface area (TPSA) is 85.2 Å². The quantitative estimate of drug-likeness (QED) is 0.747. The lowest BCUT2D eigenvalue weighted by Crippen LogP contribution is -2.19. The second-order valence-corrected chi connectivity index (χ2v) is 4.60. The molecule has 0 unspecified atom stereocenters. The van der Waals surface area contributed by atoms with Crippen molar-refractivity contribution in [1.82, 2.24) is 25.3 Å². The van der Waals surface area contributed by atoms with Gasteiger partial charge in [-0.2, -0.15) is 0 Å². The maximum Gasteiger partial charge on any atom is 0.200 e. The molecule has 0 aliphatic heterocycles. The van der Waals surface area contributed by atoms with E-state index >= 15 is 0 Å². The largest absolute Gasteiger partial charge is 0.354 e. The first-order valence-electron chi connectivity index (χ1n) is 6.31. The molecule has 0 spiro atoms. The molecule has 0 fully saturated rings. The molecule has 2 aromatic heterocycles. The first kappa shape index (κ1) is 12.5. The lowest BCUT2D eigenvalue weighted by molar-refractivity contribution is 0.720. The molecule has 0 radical (unpaired) electrons. The Labute approximate surface area is 116 Å². The van der Waals surface area contributed by atoms with Gasteiger partial charge < -0.3 is 10.6 Å². The predicted molar refractivity (Wildman–Crippen MR) is 75.0 cm³/mol. The molecule has 0 saturated carbocycles. The lowest BCUT2D eigenvalue weighted by Gasteiger charge is -2.18. The molecule has 0 aliphatic carbocycles. The van der Waals surface area contributed by atoms with Crippen LogP contribution in [0.2, 0.25) is 0 Å². The first-order chi connectivity index (χ1) is 9.76. The molecule has 1 aromatic carbocycles. The number of tetrazole rings is 1. The minimum atomic E-state index is 0.548. The maximum atomic E-state index is 5.66. The number of fused-ring (bicyclic) bond motifs is 1. The summed E-state index contributed by atoms with van der Waals surface area (Å²) < 4.78 is 1.42. The molecule has 7 nitrogen and oxygen atoms in total. The lowest BCUT2D eigenvalue weighted by atomic mass is 10.1. The van der Waals surface area contributed by atoms with E-state index in [0.717, 1.165) is 17.9 Å². The van der Waals surface area contributed by atoms with Crippen LogP contribution in [0, 0.1) is 0 Å². The molecule has 3 aromatic rings. The van der Waals surface area contributed by atoms with E-state index < -0.39 is 0 Å². The number of hydrogen-bond acceptors (Lipinski definition) is 6. The first-order valence-corrected chi connectivity index (χ1v) is 6.31. The van der Waals surface area contributed by atoms with Gasteiger partial charge >= 0.3 is 0 Å². The molecule has 0 saturated heterocycles. The fourth-order valence-electron chi connectivity index (χ4n) is 2.05. The minimum Gasteiger partial charge on any atom is -0.354 e. The number of anilines is 1. The number of nitrogens with zero attached hydrogens (tertiary/aromatic N) is 6. The number of hydrogen-bond donors (Lipinski definition) is 1. The molecule has 2 heterocycles. The van der Waals surface area contributed by atoms with Gasteiger partial charge in [-0.25, -0.2) is 0 Å². The van der Waals surface area contributed by atoms with Gasteiger partial charge in [0, 0.05) is 20.1 Å². The highest BCUT2D eigenvalue weighted by molar-refractivity contribution is 5.44. The Balaban J connectivity index is 1.82. The number of benzene rings is 1. The summed E-state index contributed by atoms with van der Waals surface area (Å²) in [7, 11) is 1.98. The Bertz CT molecular complexity index is 721. The maximum absolute atomic E-state index is 5.66. The summed E-state index contributed by atoms with van der Waals surface area (Å²) in [6.45, 7) is 1.29. The van der Waals surface area contributed by atoms with E-state index in [4.69, 9.17) is 5.73 Å². The van der Waals surface area contributed by atoms with Crippen LogP contribution in [0.4, 0.5) is 5.82 Å². The fourth-order valence-corrected chi connectivity index (χ4v) is 2.05. The van der Waals surface area contributed by atoms with Crippen molar-refractivity contribution in [3.8, 4) is 0 Å². The standard InChI is InChI=1S/C13H15N7/c1-19(9-11-4-2-3-10(7-11)8-14)13-6-5-12-15-17-18-20(12)16-13/h2-7H,8-9,14H2,1H3. The third kappa shape index (κ3) is 2.43. The van der Waals surface area contributed by atoms with E-state index in [2.05, 4.69) is 32.8 Å². The molecule has 0 atom stereocenters. The van der Waals surface area contributed by atoms with Crippen molar-refractivity contribution >= 4 is 11.5 Å². The van der Waals surface area contributed by atoms with E-state index in [9.17, 15) is 0 Å². The van der Waals surface area contributed by atoms with Gasteiger partial charge in [0.25, 0.3) is 0 Å². The van der Waals surface area contributed by atoms with Gasteiger partial charge in [-0.1, -0.05) is 24.3 Å². The molecule has 0 bridgehead atoms. The van der Waals surface area contributed by atoms with Crippen LogP contribution >= 0.6 is 0 Å². The normalized spacial score (nSPS) is 10.9. The van der Waals surface area contributed by atoms with E-state index in [0.29, 0.717) is 12.2 Å². The summed E-state index contributed by atoms with van der Waals surface area (Å²) in [5.74, 6) is 0.808. The van der Waals surface area contributed by atoms with E-state index in [1.165, 1.54) is 10.2 Å². The zero-order chi connectivity index (χ0) is 13.9. The van der Waals surface area contributed by atoms with Crippen LogP contribution in [0.1, 0.15) is 11.1 Å². The SMILES string of the molecule is CN(Cc1cccc(CN)c1)c1ccc2nnnn2n1. The predicted octanol–water partition coefficient (Wildman–Crippen LogP) is 0.614. The second kappa shape index (κ2) is 5.22. The average molecular weight is 269 g/mol. The number of aromatic nitrogens is 5. The van der Waals surface area contributed by atoms with Gasteiger partial charge in [-0.3, -0.25) is 0 Å². The third-order valence-corrected chi connectivity index (χ3v) is 3.09. The summed E-state index contributed by atoms with van der Waals surface area (Å²) in [6.07, 6.45) is 0. The van der Waals surface area contributed by atoms with Crippen molar-refractivity contribution in [1.29, 1.82) is 0 Å². The van der Waals surface area contributed by atoms with Crippen molar-refractivity contribution in [2.75, 3.05) is 11.9 Å². The van der Waals surface area contributed by atoms with E-state index in [1.807, 2.05) is 36.2 Å². The van der Waals surface area contributed by atoms with Gasteiger partial charge in [0.15, 0.2) is 11.5 Å². The van der Waals surface area contributed by atoms with Crippen LogP contribution < -0.4 is 10.6 Å². The minimum absolute atomic E-state index is 0.548. The van der Waals surface area contributed by atoms with Gasteiger partial charge in [-0.15, -0.1) is 14.8 Å². The molecular weight excluding hydrogens is 254 g/mol. The highest BCUT2D eigenvalue weighted by atomic mass is 15.6. The highest BCUT2D eigenvalue weighted by Gasteiger charge is 2.06. The van der Waals surface area contributed by atoms with Gasteiger partial charge in [-0.05, 0) is 33.7 Å². The molecule has 3 rings (SSSR count). The third-order valence-electron chi connectivity index (χ3n) is 3.09. The Morgan fingerprint density at radius 2 is 2.05 bits per heavy atom. The molecule has 7 heteroatoms. The van der Waals surface area contributed by atoms with Crippen LogP contribution in [0.5, 0.6) is 0 Å². The number of nitrogens with two attached hydrogens (primary N) is 1.